The zero-order chi connectivity index (χ0) is 14.3. The molecule has 0 aliphatic heterocycles. The highest BCUT2D eigenvalue weighted by Crippen LogP contribution is 2.28. The molecule has 108 valence electrons. The second-order valence-corrected chi connectivity index (χ2v) is 5.05. The maximum atomic E-state index is 5.71. The Morgan fingerprint density at radius 1 is 1.11 bits per heavy atom. The van der Waals surface area contributed by atoms with E-state index in [1.165, 1.54) is 5.56 Å². The van der Waals surface area contributed by atoms with Gasteiger partial charge in [0.05, 0.1) is 13.2 Å². The summed E-state index contributed by atoms with van der Waals surface area (Å²) in [7, 11) is 1.68. The first kappa shape index (κ1) is 15.8. The second kappa shape index (κ2) is 8.05. The van der Waals surface area contributed by atoms with E-state index in [-0.39, 0.29) is 6.10 Å². The monoisotopic (exact) mass is 265 g/mol. The molecular weight excluding hydrogens is 238 g/mol. The zero-order valence-electron chi connectivity index (χ0n) is 12.8. The van der Waals surface area contributed by atoms with Gasteiger partial charge < -0.3 is 14.8 Å². The lowest BCUT2D eigenvalue weighted by Crippen LogP contribution is -2.26. The Kier molecular flexibility index (Phi) is 6.71. The van der Waals surface area contributed by atoms with E-state index in [2.05, 4.69) is 25.2 Å². The molecule has 0 spiro atoms. The summed E-state index contributed by atoms with van der Waals surface area (Å²) in [6.07, 6.45) is 2.46. The van der Waals surface area contributed by atoms with Crippen molar-refractivity contribution in [2.24, 2.45) is 0 Å². The summed E-state index contributed by atoms with van der Waals surface area (Å²) in [5, 5.41) is 3.55. The molecule has 1 rings (SSSR count). The van der Waals surface area contributed by atoms with Gasteiger partial charge in [0.25, 0.3) is 0 Å². The Labute approximate surface area is 117 Å². The molecule has 3 nitrogen and oxygen atoms in total. The standard InChI is InChI=1S/C16H27NO2/c1-6-14(7-2)17-11-13-8-9-15(19-12(3)4)16(10-13)18-5/h8-10,12,14,17H,6-7,11H2,1-5H3. The van der Waals surface area contributed by atoms with E-state index in [0.717, 1.165) is 30.9 Å². The number of ether oxygens (including phenoxy) is 2. The number of rotatable bonds is 8. The minimum atomic E-state index is 0.155. The molecule has 3 heteroatoms. The number of hydrogen-bond acceptors (Lipinski definition) is 3. The van der Waals surface area contributed by atoms with E-state index in [4.69, 9.17) is 9.47 Å². The quantitative estimate of drug-likeness (QED) is 0.776. The van der Waals surface area contributed by atoms with Crippen molar-refractivity contribution in [1.82, 2.24) is 5.32 Å². The minimum Gasteiger partial charge on any atom is -0.493 e. The maximum absolute atomic E-state index is 5.71. The minimum absolute atomic E-state index is 0.155. The van der Waals surface area contributed by atoms with Crippen molar-refractivity contribution < 1.29 is 9.47 Å². The fraction of sp³-hybridized carbons (Fsp3) is 0.625. The molecule has 0 atom stereocenters. The van der Waals surface area contributed by atoms with Crippen LogP contribution in [-0.4, -0.2) is 19.3 Å². The van der Waals surface area contributed by atoms with Gasteiger partial charge >= 0.3 is 0 Å². The van der Waals surface area contributed by atoms with Crippen LogP contribution in [0.15, 0.2) is 18.2 Å². The van der Waals surface area contributed by atoms with Gasteiger partial charge in [0.1, 0.15) is 0 Å². The molecule has 0 amide bonds. The highest BCUT2D eigenvalue weighted by molar-refractivity contribution is 5.43. The lowest BCUT2D eigenvalue weighted by atomic mass is 10.1. The highest BCUT2D eigenvalue weighted by atomic mass is 16.5. The van der Waals surface area contributed by atoms with E-state index in [1.54, 1.807) is 7.11 Å². The molecule has 0 saturated heterocycles. The molecule has 0 saturated carbocycles. The normalized spacial score (nSPS) is 11.1. The SMILES string of the molecule is CCC(CC)NCc1ccc(OC(C)C)c(OC)c1. The molecular formula is C16H27NO2. The second-order valence-electron chi connectivity index (χ2n) is 5.05. The van der Waals surface area contributed by atoms with Gasteiger partial charge in [0.15, 0.2) is 11.5 Å². The highest BCUT2D eigenvalue weighted by Gasteiger charge is 2.08. The Morgan fingerprint density at radius 2 is 1.79 bits per heavy atom. The zero-order valence-corrected chi connectivity index (χ0v) is 12.8. The Balaban J connectivity index is 2.70. The van der Waals surface area contributed by atoms with Crippen molar-refractivity contribution in [2.75, 3.05) is 7.11 Å². The van der Waals surface area contributed by atoms with Gasteiger partial charge in [-0.25, -0.2) is 0 Å². The van der Waals surface area contributed by atoms with Gasteiger partial charge in [-0.1, -0.05) is 19.9 Å². The van der Waals surface area contributed by atoms with Crippen LogP contribution in [0.25, 0.3) is 0 Å². The Bertz CT molecular complexity index is 373. The summed E-state index contributed by atoms with van der Waals surface area (Å²) in [6, 6.07) is 6.71. The van der Waals surface area contributed by atoms with Gasteiger partial charge in [-0.15, -0.1) is 0 Å². The molecule has 1 N–H and O–H groups in total. The fourth-order valence-corrected chi connectivity index (χ4v) is 2.01. The molecule has 0 bridgehead atoms. The van der Waals surface area contributed by atoms with Gasteiger partial charge in [0, 0.05) is 12.6 Å². The fourth-order valence-electron chi connectivity index (χ4n) is 2.01. The summed E-state index contributed by atoms with van der Waals surface area (Å²) in [4.78, 5) is 0. The lowest BCUT2D eigenvalue weighted by molar-refractivity contribution is 0.230. The topological polar surface area (TPSA) is 30.5 Å². The predicted molar refractivity (Wildman–Crippen MR) is 80.0 cm³/mol. The molecule has 0 aliphatic carbocycles. The lowest BCUT2D eigenvalue weighted by Gasteiger charge is -2.17. The Hall–Kier alpha value is -1.22. The van der Waals surface area contributed by atoms with Crippen LogP contribution in [0.4, 0.5) is 0 Å². The summed E-state index contributed by atoms with van der Waals surface area (Å²) < 4.78 is 11.1. The van der Waals surface area contributed by atoms with E-state index in [1.807, 2.05) is 26.0 Å². The van der Waals surface area contributed by atoms with Crippen LogP contribution >= 0.6 is 0 Å². The van der Waals surface area contributed by atoms with Crippen molar-refractivity contribution in [2.45, 2.75) is 59.2 Å². The van der Waals surface area contributed by atoms with Crippen LogP contribution in [-0.2, 0) is 6.54 Å². The van der Waals surface area contributed by atoms with Crippen LogP contribution in [0, 0.1) is 0 Å². The number of nitrogens with one attached hydrogen (secondary N) is 1. The van der Waals surface area contributed by atoms with Crippen molar-refractivity contribution in [3.63, 3.8) is 0 Å². The third-order valence-corrected chi connectivity index (χ3v) is 3.17. The number of methoxy groups -OCH3 is 1. The first-order valence-corrected chi connectivity index (χ1v) is 7.17. The molecule has 0 aromatic heterocycles. The van der Waals surface area contributed by atoms with Crippen LogP contribution in [0.3, 0.4) is 0 Å². The van der Waals surface area contributed by atoms with Gasteiger partial charge in [-0.2, -0.15) is 0 Å². The predicted octanol–water partition coefficient (Wildman–Crippen LogP) is 3.76. The molecule has 19 heavy (non-hydrogen) atoms. The van der Waals surface area contributed by atoms with Gasteiger partial charge in [0.2, 0.25) is 0 Å². The summed E-state index contributed by atoms with van der Waals surface area (Å²) in [5.41, 5.74) is 1.22. The van der Waals surface area contributed by atoms with Crippen molar-refractivity contribution in [3.8, 4) is 11.5 Å². The number of hydrogen-bond donors (Lipinski definition) is 1. The molecule has 0 radical (unpaired) electrons. The smallest absolute Gasteiger partial charge is 0.161 e. The first-order valence-electron chi connectivity index (χ1n) is 7.17. The van der Waals surface area contributed by atoms with E-state index < -0.39 is 0 Å². The molecule has 1 aromatic carbocycles. The number of benzene rings is 1. The van der Waals surface area contributed by atoms with E-state index in [9.17, 15) is 0 Å². The Morgan fingerprint density at radius 3 is 2.32 bits per heavy atom. The molecule has 0 heterocycles. The van der Waals surface area contributed by atoms with E-state index >= 15 is 0 Å². The summed E-state index contributed by atoms with van der Waals surface area (Å²) >= 11 is 0. The third-order valence-electron chi connectivity index (χ3n) is 3.17. The summed E-state index contributed by atoms with van der Waals surface area (Å²) in [5.74, 6) is 1.61. The van der Waals surface area contributed by atoms with Crippen LogP contribution in [0.5, 0.6) is 11.5 Å². The first-order chi connectivity index (χ1) is 9.10. The molecule has 1 aromatic rings. The van der Waals surface area contributed by atoms with Gasteiger partial charge in [-0.3, -0.25) is 0 Å². The van der Waals surface area contributed by atoms with Crippen molar-refractivity contribution in [1.29, 1.82) is 0 Å². The van der Waals surface area contributed by atoms with Crippen molar-refractivity contribution >= 4 is 0 Å². The van der Waals surface area contributed by atoms with Crippen molar-refractivity contribution in [3.05, 3.63) is 23.8 Å². The largest absolute Gasteiger partial charge is 0.493 e. The van der Waals surface area contributed by atoms with Gasteiger partial charge in [-0.05, 0) is 44.4 Å². The molecule has 0 aliphatic rings. The third kappa shape index (κ3) is 5.11. The van der Waals surface area contributed by atoms with Crippen LogP contribution in [0.1, 0.15) is 46.1 Å². The average Bonchev–Trinajstić information content (AvgIpc) is 2.40. The van der Waals surface area contributed by atoms with Crippen LogP contribution in [0.2, 0.25) is 0 Å². The van der Waals surface area contributed by atoms with Crippen LogP contribution < -0.4 is 14.8 Å². The average molecular weight is 265 g/mol. The molecule has 0 fully saturated rings. The molecule has 0 unspecified atom stereocenters. The van der Waals surface area contributed by atoms with E-state index in [0.29, 0.717) is 6.04 Å². The maximum Gasteiger partial charge on any atom is 0.161 e. The summed E-state index contributed by atoms with van der Waals surface area (Å²) in [6.45, 7) is 9.32.